The van der Waals surface area contributed by atoms with Gasteiger partial charge < -0.3 is 10.2 Å². The Kier molecular flexibility index (Phi) is 17.4. The first-order chi connectivity index (χ1) is 24.8. The lowest BCUT2D eigenvalue weighted by Gasteiger charge is -2.37. The molecule has 2 aromatic rings. The molecule has 2 fully saturated rings. The van der Waals surface area contributed by atoms with Crippen LogP contribution < -0.4 is 0 Å². The molecular formula is C51H86O2. The van der Waals surface area contributed by atoms with Gasteiger partial charge in [0.05, 0.1) is 0 Å². The smallest absolute Gasteiger partial charge is 0.123 e. The van der Waals surface area contributed by atoms with Crippen molar-refractivity contribution in [2.75, 3.05) is 0 Å². The summed E-state index contributed by atoms with van der Waals surface area (Å²) in [6.07, 6.45) is 26.9. The van der Waals surface area contributed by atoms with Gasteiger partial charge in [0.1, 0.15) is 11.5 Å². The summed E-state index contributed by atoms with van der Waals surface area (Å²) in [7, 11) is 0. The molecule has 2 saturated carbocycles. The van der Waals surface area contributed by atoms with Gasteiger partial charge in [-0.15, -0.1) is 0 Å². The van der Waals surface area contributed by atoms with Gasteiger partial charge in [0.25, 0.3) is 0 Å². The topological polar surface area (TPSA) is 40.5 Å². The monoisotopic (exact) mass is 731 g/mol. The van der Waals surface area contributed by atoms with E-state index in [0.717, 1.165) is 36.8 Å². The Bertz CT molecular complexity index is 1280. The van der Waals surface area contributed by atoms with Gasteiger partial charge in [-0.3, -0.25) is 0 Å². The van der Waals surface area contributed by atoms with Crippen LogP contribution in [0.15, 0.2) is 24.3 Å². The second kappa shape index (κ2) is 20.3. The summed E-state index contributed by atoms with van der Waals surface area (Å²) in [6.45, 7) is 27.3. The SMILES string of the molecule is CCCCCCCCc1cc(C2CCCCC2)c(O)c(C2CCCCC2)c1.CCCc1cc(C(C)(C)CC(C)(C)C)c(O)c(C(C)(C)CC(C)(C)C)c1. The van der Waals surface area contributed by atoms with Crippen molar-refractivity contribution in [2.45, 2.75) is 241 Å². The Morgan fingerprint density at radius 1 is 0.472 bits per heavy atom. The molecule has 0 atom stereocenters. The van der Waals surface area contributed by atoms with E-state index in [1.54, 1.807) is 0 Å². The van der Waals surface area contributed by atoms with E-state index in [4.69, 9.17) is 0 Å². The first kappa shape index (κ1) is 45.4. The van der Waals surface area contributed by atoms with Crippen LogP contribution in [0.5, 0.6) is 11.5 Å². The standard InChI is InChI=1S/C26H42O.C25H44O/c1-2-3-4-5-6-9-14-21-19-24(22-15-10-7-11-16-22)26(27)25(20-21)23-17-12-8-13-18-23;1-12-13-18-14-19(24(8,9)16-22(2,3)4)21(26)20(15-18)25(10,11)17-23(5,6)7/h19-20,22-23,27H,2-18H2,1H3;14-15,26H,12-13,16-17H2,1-11H3. The highest BCUT2D eigenvalue weighted by Gasteiger charge is 2.35. The average molecular weight is 731 g/mol. The van der Waals surface area contributed by atoms with E-state index in [9.17, 15) is 10.2 Å². The average Bonchev–Trinajstić information content (AvgIpc) is 3.06. The fourth-order valence-electron chi connectivity index (χ4n) is 10.4. The van der Waals surface area contributed by atoms with Crippen molar-refractivity contribution in [3.05, 3.63) is 57.6 Å². The lowest BCUT2D eigenvalue weighted by molar-refractivity contribution is 0.268. The maximum atomic E-state index is 11.3. The van der Waals surface area contributed by atoms with Crippen molar-refractivity contribution < 1.29 is 10.2 Å². The maximum absolute atomic E-state index is 11.3. The van der Waals surface area contributed by atoms with E-state index in [1.165, 1.54) is 131 Å². The molecule has 2 N–H and O–H groups in total. The van der Waals surface area contributed by atoms with E-state index < -0.39 is 0 Å². The maximum Gasteiger partial charge on any atom is 0.123 e. The largest absolute Gasteiger partial charge is 0.507 e. The molecule has 0 amide bonds. The number of benzene rings is 2. The zero-order valence-electron chi connectivity index (χ0n) is 37.2. The summed E-state index contributed by atoms with van der Waals surface area (Å²) in [4.78, 5) is 0. The summed E-state index contributed by atoms with van der Waals surface area (Å²) < 4.78 is 0. The fourth-order valence-corrected chi connectivity index (χ4v) is 10.4. The minimum Gasteiger partial charge on any atom is -0.507 e. The predicted molar refractivity (Wildman–Crippen MR) is 233 cm³/mol. The van der Waals surface area contributed by atoms with Crippen LogP contribution in [-0.4, -0.2) is 10.2 Å². The van der Waals surface area contributed by atoms with Crippen LogP contribution >= 0.6 is 0 Å². The van der Waals surface area contributed by atoms with Gasteiger partial charge in [-0.05, 0) is 114 Å². The Balaban J connectivity index is 0.000000286. The molecule has 2 heteroatoms. The predicted octanol–water partition coefficient (Wildman–Crippen LogP) is 16.2. The molecule has 4 rings (SSSR count). The number of aryl methyl sites for hydroxylation is 2. The number of phenolic OH excluding ortho intramolecular Hbond substituents is 2. The Labute approximate surface area is 329 Å². The summed E-state index contributed by atoms with van der Waals surface area (Å²) in [5, 5.41) is 22.5. The molecule has 0 saturated heterocycles. The molecule has 0 spiro atoms. The highest BCUT2D eigenvalue weighted by molar-refractivity contribution is 5.51. The molecular weight excluding hydrogens is 645 g/mol. The van der Waals surface area contributed by atoms with Crippen LogP contribution in [0.4, 0.5) is 0 Å². The number of hydrogen-bond donors (Lipinski definition) is 2. The zero-order chi connectivity index (χ0) is 39.5. The molecule has 302 valence electrons. The third-order valence-electron chi connectivity index (χ3n) is 12.2. The molecule has 2 nitrogen and oxygen atoms in total. The molecule has 2 aliphatic rings. The van der Waals surface area contributed by atoms with Crippen molar-refractivity contribution in [3.8, 4) is 11.5 Å². The number of aromatic hydroxyl groups is 2. The molecule has 2 aliphatic carbocycles. The van der Waals surface area contributed by atoms with Crippen LogP contribution in [-0.2, 0) is 23.7 Å². The third kappa shape index (κ3) is 14.6. The van der Waals surface area contributed by atoms with Crippen molar-refractivity contribution >= 4 is 0 Å². The minimum absolute atomic E-state index is 0.0569. The van der Waals surface area contributed by atoms with Crippen LogP contribution in [0.2, 0.25) is 0 Å². The molecule has 0 unspecified atom stereocenters. The minimum atomic E-state index is -0.0569. The van der Waals surface area contributed by atoms with Crippen molar-refractivity contribution in [2.24, 2.45) is 10.8 Å². The second-order valence-electron chi connectivity index (χ2n) is 21.3. The molecule has 0 aromatic heterocycles. The highest BCUT2D eigenvalue weighted by atomic mass is 16.3. The quantitative estimate of drug-likeness (QED) is 0.179. The van der Waals surface area contributed by atoms with E-state index >= 15 is 0 Å². The second-order valence-corrected chi connectivity index (χ2v) is 21.3. The molecule has 2 aromatic carbocycles. The summed E-state index contributed by atoms with van der Waals surface area (Å²) in [6, 6.07) is 9.32. The van der Waals surface area contributed by atoms with Gasteiger partial charge in [-0.25, -0.2) is 0 Å². The summed E-state index contributed by atoms with van der Waals surface area (Å²) >= 11 is 0. The summed E-state index contributed by atoms with van der Waals surface area (Å²) in [5.74, 6) is 2.41. The lowest BCUT2D eigenvalue weighted by atomic mass is 9.67. The van der Waals surface area contributed by atoms with E-state index in [-0.39, 0.29) is 21.7 Å². The van der Waals surface area contributed by atoms with Gasteiger partial charge >= 0.3 is 0 Å². The van der Waals surface area contributed by atoms with Crippen molar-refractivity contribution in [3.63, 3.8) is 0 Å². The van der Waals surface area contributed by atoms with Gasteiger partial charge in [0.2, 0.25) is 0 Å². The van der Waals surface area contributed by atoms with Crippen molar-refractivity contribution in [1.82, 2.24) is 0 Å². The molecule has 0 heterocycles. The van der Waals surface area contributed by atoms with Gasteiger partial charge in [-0.2, -0.15) is 0 Å². The zero-order valence-corrected chi connectivity index (χ0v) is 37.2. The van der Waals surface area contributed by atoms with Crippen LogP contribution in [0, 0.1) is 10.8 Å². The fraction of sp³-hybridized carbons (Fsp3) is 0.765. The van der Waals surface area contributed by atoms with Gasteiger partial charge in [-0.1, -0.05) is 184 Å². The Hall–Kier alpha value is -1.96. The molecule has 0 bridgehead atoms. The van der Waals surface area contributed by atoms with Gasteiger partial charge in [0.15, 0.2) is 0 Å². The molecule has 0 aliphatic heterocycles. The number of hydrogen-bond acceptors (Lipinski definition) is 2. The van der Waals surface area contributed by atoms with Crippen LogP contribution in [0.25, 0.3) is 0 Å². The van der Waals surface area contributed by atoms with Crippen LogP contribution in [0.1, 0.15) is 250 Å². The Morgan fingerprint density at radius 3 is 1.26 bits per heavy atom. The number of phenols is 2. The highest BCUT2D eigenvalue weighted by Crippen LogP contribution is 2.48. The number of rotatable bonds is 15. The molecule has 53 heavy (non-hydrogen) atoms. The van der Waals surface area contributed by atoms with E-state index in [2.05, 4.69) is 107 Å². The first-order valence-corrected chi connectivity index (χ1v) is 22.5. The molecule has 0 radical (unpaired) electrons. The number of unbranched alkanes of at least 4 members (excludes halogenated alkanes) is 5. The third-order valence-corrected chi connectivity index (χ3v) is 12.2. The normalized spacial score (nSPS) is 16.8. The Morgan fingerprint density at radius 2 is 0.868 bits per heavy atom. The van der Waals surface area contributed by atoms with Crippen molar-refractivity contribution in [1.29, 1.82) is 0 Å². The van der Waals surface area contributed by atoms with Crippen LogP contribution in [0.3, 0.4) is 0 Å². The first-order valence-electron chi connectivity index (χ1n) is 22.5. The van der Waals surface area contributed by atoms with E-state index in [0.29, 0.717) is 23.3 Å². The lowest BCUT2D eigenvalue weighted by Crippen LogP contribution is -2.28. The summed E-state index contributed by atoms with van der Waals surface area (Å²) in [5.41, 5.74) is 8.04. The van der Waals surface area contributed by atoms with Gasteiger partial charge in [0, 0.05) is 11.1 Å². The van der Waals surface area contributed by atoms with E-state index in [1.807, 2.05) is 0 Å².